The van der Waals surface area contributed by atoms with Crippen molar-refractivity contribution in [2.75, 3.05) is 5.32 Å². The molecule has 0 unspecified atom stereocenters. The van der Waals surface area contributed by atoms with Gasteiger partial charge in [0.1, 0.15) is 11.6 Å². The molecule has 2 N–H and O–H groups in total. The van der Waals surface area contributed by atoms with Gasteiger partial charge in [0.2, 0.25) is 5.91 Å². The Bertz CT molecular complexity index is 766. The lowest BCUT2D eigenvalue weighted by atomic mass is 9.95. The van der Waals surface area contributed by atoms with Gasteiger partial charge in [-0.1, -0.05) is 0 Å². The second kappa shape index (κ2) is 5.89. The smallest absolute Gasteiger partial charge is 0.220 e. The van der Waals surface area contributed by atoms with Crippen molar-refractivity contribution in [2.45, 2.75) is 50.6 Å². The highest BCUT2D eigenvalue weighted by Gasteiger charge is 2.32. The van der Waals surface area contributed by atoms with Crippen LogP contribution < -0.4 is 10.6 Å². The molecule has 126 valence electrons. The van der Waals surface area contributed by atoms with Gasteiger partial charge >= 0.3 is 0 Å². The number of hydrogen-bond donors (Lipinski definition) is 2. The van der Waals surface area contributed by atoms with Gasteiger partial charge in [-0.3, -0.25) is 9.48 Å². The SMILES string of the molecule is Cc1cc(N[C@@H]2CCC(=O)N[C@H]2c2ccnn2C)nc(C2CC2)n1. The Labute approximate surface area is 140 Å². The summed E-state index contributed by atoms with van der Waals surface area (Å²) in [5.74, 6) is 2.38. The van der Waals surface area contributed by atoms with E-state index in [2.05, 4.69) is 25.7 Å². The van der Waals surface area contributed by atoms with Crippen LogP contribution in [0, 0.1) is 6.92 Å². The number of aryl methyl sites for hydroxylation is 2. The maximum absolute atomic E-state index is 11.9. The van der Waals surface area contributed by atoms with Crippen molar-refractivity contribution >= 4 is 11.7 Å². The lowest BCUT2D eigenvalue weighted by Crippen LogP contribution is -2.46. The Balaban J connectivity index is 1.59. The van der Waals surface area contributed by atoms with E-state index in [-0.39, 0.29) is 18.0 Å². The second-order valence-electron chi connectivity index (χ2n) is 6.74. The summed E-state index contributed by atoms with van der Waals surface area (Å²) in [5.41, 5.74) is 1.97. The van der Waals surface area contributed by atoms with E-state index in [1.165, 1.54) is 12.8 Å². The van der Waals surface area contributed by atoms with Crippen LogP contribution in [-0.2, 0) is 11.8 Å². The molecule has 2 fully saturated rings. The first kappa shape index (κ1) is 15.1. The van der Waals surface area contributed by atoms with E-state index in [1.807, 2.05) is 30.8 Å². The van der Waals surface area contributed by atoms with Gasteiger partial charge in [-0.15, -0.1) is 0 Å². The van der Waals surface area contributed by atoms with Crippen molar-refractivity contribution in [2.24, 2.45) is 7.05 Å². The minimum Gasteiger partial charge on any atom is -0.365 e. The molecule has 0 aromatic carbocycles. The van der Waals surface area contributed by atoms with Gasteiger partial charge < -0.3 is 10.6 Å². The Hall–Kier alpha value is -2.44. The average molecular weight is 326 g/mol. The van der Waals surface area contributed by atoms with Crippen LogP contribution in [0.25, 0.3) is 0 Å². The Morgan fingerprint density at radius 2 is 2.12 bits per heavy atom. The van der Waals surface area contributed by atoms with E-state index in [4.69, 9.17) is 0 Å². The van der Waals surface area contributed by atoms with Crippen molar-refractivity contribution in [1.82, 2.24) is 25.1 Å². The standard InChI is InChI=1S/C17H22N6O/c1-10-9-14(21-17(19-10)11-3-4-11)20-12-5-6-15(24)22-16(12)13-7-8-18-23(13)2/h7-9,11-12,16H,3-6H2,1-2H3,(H,22,24)(H,19,20,21)/t12-,16-/m1/s1. The first-order chi connectivity index (χ1) is 11.6. The molecule has 4 rings (SSSR count). The molecule has 24 heavy (non-hydrogen) atoms. The third-order valence-electron chi connectivity index (χ3n) is 4.73. The molecule has 1 amide bonds. The summed E-state index contributed by atoms with van der Waals surface area (Å²) >= 11 is 0. The number of amides is 1. The van der Waals surface area contributed by atoms with Gasteiger partial charge in [0.25, 0.3) is 0 Å². The monoisotopic (exact) mass is 326 g/mol. The van der Waals surface area contributed by atoms with Crippen LogP contribution >= 0.6 is 0 Å². The predicted molar refractivity (Wildman–Crippen MR) is 89.5 cm³/mol. The number of aromatic nitrogens is 4. The molecule has 1 aliphatic carbocycles. The first-order valence-electron chi connectivity index (χ1n) is 8.49. The summed E-state index contributed by atoms with van der Waals surface area (Å²) in [7, 11) is 1.90. The summed E-state index contributed by atoms with van der Waals surface area (Å²) < 4.78 is 1.81. The fourth-order valence-corrected chi connectivity index (χ4v) is 3.30. The van der Waals surface area contributed by atoms with E-state index >= 15 is 0 Å². The summed E-state index contributed by atoms with van der Waals surface area (Å²) in [5, 5.41) is 10.8. The van der Waals surface area contributed by atoms with E-state index in [1.54, 1.807) is 6.20 Å². The van der Waals surface area contributed by atoms with Crippen molar-refractivity contribution in [3.8, 4) is 0 Å². The summed E-state index contributed by atoms with van der Waals surface area (Å²) in [4.78, 5) is 21.1. The van der Waals surface area contributed by atoms with Gasteiger partial charge in [0.15, 0.2) is 0 Å². The fourth-order valence-electron chi connectivity index (χ4n) is 3.30. The molecular weight excluding hydrogens is 304 g/mol. The number of anilines is 1. The number of carbonyl (C=O) groups excluding carboxylic acids is 1. The summed E-state index contributed by atoms with van der Waals surface area (Å²) in [6.07, 6.45) is 5.41. The number of piperidine rings is 1. The second-order valence-corrected chi connectivity index (χ2v) is 6.74. The van der Waals surface area contributed by atoms with Crippen LogP contribution in [0.3, 0.4) is 0 Å². The molecule has 3 heterocycles. The van der Waals surface area contributed by atoms with Crippen LogP contribution in [0.15, 0.2) is 18.3 Å². The zero-order chi connectivity index (χ0) is 16.7. The highest BCUT2D eigenvalue weighted by Crippen LogP contribution is 2.38. The normalized spacial score (nSPS) is 23.8. The lowest BCUT2D eigenvalue weighted by Gasteiger charge is -2.33. The van der Waals surface area contributed by atoms with E-state index in [0.29, 0.717) is 12.3 Å². The predicted octanol–water partition coefficient (Wildman–Crippen LogP) is 1.83. The van der Waals surface area contributed by atoms with E-state index in [0.717, 1.165) is 29.5 Å². The largest absolute Gasteiger partial charge is 0.365 e. The Morgan fingerprint density at radius 3 is 2.83 bits per heavy atom. The topological polar surface area (TPSA) is 84.7 Å². The highest BCUT2D eigenvalue weighted by molar-refractivity contribution is 5.77. The Morgan fingerprint density at radius 1 is 1.29 bits per heavy atom. The van der Waals surface area contributed by atoms with Crippen LogP contribution in [0.4, 0.5) is 5.82 Å². The van der Waals surface area contributed by atoms with Crippen molar-refractivity contribution in [3.05, 3.63) is 35.5 Å². The number of rotatable bonds is 4. The molecular formula is C17H22N6O. The maximum atomic E-state index is 11.9. The molecule has 7 nitrogen and oxygen atoms in total. The van der Waals surface area contributed by atoms with E-state index in [9.17, 15) is 4.79 Å². The fraction of sp³-hybridized carbons (Fsp3) is 0.529. The van der Waals surface area contributed by atoms with Crippen LogP contribution in [-0.4, -0.2) is 31.7 Å². The third-order valence-corrected chi connectivity index (χ3v) is 4.73. The minimum atomic E-state index is -0.113. The molecule has 0 radical (unpaired) electrons. The summed E-state index contributed by atoms with van der Waals surface area (Å²) in [6, 6.07) is 3.90. The minimum absolute atomic E-state index is 0.0804. The molecule has 7 heteroatoms. The summed E-state index contributed by atoms with van der Waals surface area (Å²) in [6.45, 7) is 2.00. The number of nitrogens with one attached hydrogen (secondary N) is 2. The molecule has 2 atom stereocenters. The molecule has 2 aromatic heterocycles. The van der Waals surface area contributed by atoms with Crippen molar-refractivity contribution in [1.29, 1.82) is 0 Å². The molecule has 0 bridgehead atoms. The molecule has 2 aromatic rings. The van der Waals surface area contributed by atoms with Crippen LogP contribution in [0.1, 0.15) is 54.9 Å². The molecule has 1 aliphatic heterocycles. The Kier molecular flexibility index (Phi) is 3.70. The van der Waals surface area contributed by atoms with Gasteiger partial charge in [0, 0.05) is 37.3 Å². The first-order valence-corrected chi connectivity index (χ1v) is 8.49. The van der Waals surface area contributed by atoms with Crippen molar-refractivity contribution in [3.63, 3.8) is 0 Å². The zero-order valence-corrected chi connectivity index (χ0v) is 14.0. The van der Waals surface area contributed by atoms with Crippen molar-refractivity contribution < 1.29 is 4.79 Å². The van der Waals surface area contributed by atoms with Crippen LogP contribution in [0.5, 0.6) is 0 Å². The molecule has 0 spiro atoms. The average Bonchev–Trinajstić information content (AvgIpc) is 3.31. The highest BCUT2D eigenvalue weighted by atomic mass is 16.1. The molecule has 2 aliphatic rings. The molecule has 1 saturated heterocycles. The van der Waals surface area contributed by atoms with Crippen LogP contribution in [0.2, 0.25) is 0 Å². The van der Waals surface area contributed by atoms with Gasteiger partial charge in [-0.25, -0.2) is 9.97 Å². The van der Waals surface area contributed by atoms with Gasteiger partial charge in [-0.2, -0.15) is 5.10 Å². The van der Waals surface area contributed by atoms with Gasteiger partial charge in [-0.05, 0) is 32.3 Å². The number of nitrogens with zero attached hydrogens (tertiary/aromatic N) is 4. The number of hydrogen-bond acceptors (Lipinski definition) is 5. The quantitative estimate of drug-likeness (QED) is 0.895. The maximum Gasteiger partial charge on any atom is 0.220 e. The zero-order valence-electron chi connectivity index (χ0n) is 14.0. The molecule has 1 saturated carbocycles. The lowest BCUT2D eigenvalue weighted by molar-refractivity contribution is -0.123. The third kappa shape index (κ3) is 2.98. The van der Waals surface area contributed by atoms with Gasteiger partial charge in [0.05, 0.1) is 17.8 Å². The van der Waals surface area contributed by atoms with E-state index < -0.39 is 0 Å². The number of carbonyl (C=O) groups is 1.